The smallest absolute Gasteiger partial charge is 0.0738 e. The van der Waals surface area contributed by atoms with Crippen LogP contribution in [0.25, 0.3) is 0 Å². The van der Waals surface area contributed by atoms with E-state index in [1.165, 1.54) is 31.4 Å². The van der Waals surface area contributed by atoms with Crippen molar-refractivity contribution >= 4 is 15.9 Å². The van der Waals surface area contributed by atoms with E-state index in [2.05, 4.69) is 21.0 Å². The number of nitrogens with two attached hydrogens (primary N) is 1. The van der Waals surface area contributed by atoms with Crippen molar-refractivity contribution in [2.24, 2.45) is 18.2 Å². The highest BCUT2D eigenvalue weighted by molar-refractivity contribution is 9.10. The molecule has 1 heterocycles. The summed E-state index contributed by atoms with van der Waals surface area (Å²) in [4.78, 5) is 0. The molecule has 0 amide bonds. The number of aromatic nitrogens is 2. The van der Waals surface area contributed by atoms with Crippen molar-refractivity contribution in [3.63, 3.8) is 0 Å². The molecule has 3 nitrogen and oxygen atoms in total. The largest absolute Gasteiger partial charge is 0.330 e. The molecule has 1 saturated carbocycles. The minimum atomic E-state index is 0.322. The van der Waals surface area contributed by atoms with Crippen LogP contribution in [0, 0.1) is 12.3 Å². The Morgan fingerprint density at radius 3 is 2.50 bits per heavy atom. The quantitative estimate of drug-likeness (QED) is 0.928. The topological polar surface area (TPSA) is 43.8 Å². The number of rotatable bonds is 3. The standard InChI is InChI=1S/C12H20BrN3/c1-9-11(13)10(16(2)15-9)7-12(8-14)5-3-4-6-12/h3-8,14H2,1-2H3. The molecule has 1 aliphatic rings. The van der Waals surface area contributed by atoms with E-state index in [1.54, 1.807) is 0 Å². The van der Waals surface area contributed by atoms with Crippen LogP contribution in [0.1, 0.15) is 37.1 Å². The molecule has 2 N–H and O–H groups in total. The van der Waals surface area contributed by atoms with Gasteiger partial charge in [-0.1, -0.05) is 12.8 Å². The monoisotopic (exact) mass is 285 g/mol. The molecule has 90 valence electrons. The zero-order valence-corrected chi connectivity index (χ0v) is 11.7. The normalized spacial score (nSPS) is 19.2. The maximum atomic E-state index is 5.98. The molecular weight excluding hydrogens is 266 g/mol. The second-order valence-electron chi connectivity index (χ2n) is 5.06. The fourth-order valence-corrected chi connectivity index (χ4v) is 3.28. The number of hydrogen-bond donors (Lipinski definition) is 1. The fraction of sp³-hybridized carbons (Fsp3) is 0.750. The molecule has 0 radical (unpaired) electrons. The minimum absolute atomic E-state index is 0.322. The van der Waals surface area contributed by atoms with E-state index in [0.717, 1.165) is 23.1 Å². The molecule has 0 aliphatic heterocycles. The summed E-state index contributed by atoms with van der Waals surface area (Å²) in [6.45, 7) is 2.83. The first-order chi connectivity index (χ1) is 7.58. The molecule has 2 rings (SSSR count). The van der Waals surface area contributed by atoms with Crippen LogP contribution in [0.3, 0.4) is 0 Å². The van der Waals surface area contributed by atoms with Gasteiger partial charge in [-0.05, 0) is 54.1 Å². The molecule has 16 heavy (non-hydrogen) atoms. The first-order valence-corrected chi connectivity index (χ1v) is 6.75. The Morgan fingerprint density at radius 2 is 2.06 bits per heavy atom. The van der Waals surface area contributed by atoms with Gasteiger partial charge in [0.15, 0.2) is 0 Å². The van der Waals surface area contributed by atoms with Crippen LogP contribution in [-0.4, -0.2) is 16.3 Å². The van der Waals surface area contributed by atoms with Crippen molar-refractivity contribution in [1.82, 2.24) is 9.78 Å². The Balaban J connectivity index is 2.25. The van der Waals surface area contributed by atoms with E-state index in [9.17, 15) is 0 Å². The summed E-state index contributed by atoms with van der Waals surface area (Å²) in [5.41, 5.74) is 8.67. The summed E-state index contributed by atoms with van der Waals surface area (Å²) in [7, 11) is 2.02. The minimum Gasteiger partial charge on any atom is -0.330 e. The fourth-order valence-electron chi connectivity index (χ4n) is 2.81. The maximum Gasteiger partial charge on any atom is 0.0738 e. The van der Waals surface area contributed by atoms with Crippen molar-refractivity contribution in [2.45, 2.75) is 39.0 Å². The van der Waals surface area contributed by atoms with Gasteiger partial charge in [0.1, 0.15) is 0 Å². The Labute approximate surface area is 106 Å². The lowest BCUT2D eigenvalue weighted by Crippen LogP contribution is -2.30. The summed E-state index contributed by atoms with van der Waals surface area (Å²) < 4.78 is 3.16. The first-order valence-electron chi connectivity index (χ1n) is 5.96. The van der Waals surface area contributed by atoms with Gasteiger partial charge in [-0.2, -0.15) is 5.10 Å². The van der Waals surface area contributed by atoms with Gasteiger partial charge in [-0.15, -0.1) is 0 Å². The number of halogens is 1. The third-order valence-corrected chi connectivity index (χ3v) is 4.93. The average molecular weight is 286 g/mol. The van der Waals surface area contributed by atoms with Gasteiger partial charge in [0, 0.05) is 7.05 Å². The molecule has 4 heteroatoms. The average Bonchev–Trinajstić information content (AvgIpc) is 2.81. The zero-order valence-electron chi connectivity index (χ0n) is 10.1. The third kappa shape index (κ3) is 2.05. The molecule has 1 fully saturated rings. The van der Waals surface area contributed by atoms with Gasteiger partial charge in [0.2, 0.25) is 0 Å². The summed E-state index contributed by atoms with van der Waals surface area (Å²) in [6.07, 6.45) is 6.24. The third-order valence-electron chi connectivity index (χ3n) is 3.90. The summed E-state index contributed by atoms with van der Waals surface area (Å²) in [5.74, 6) is 0. The van der Waals surface area contributed by atoms with Crippen molar-refractivity contribution < 1.29 is 0 Å². The van der Waals surface area contributed by atoms with E-state index in [0.29, 0.717) is 5.41 Å². The maximum absolute atomic E-state index is 5.98. The number of nitrogens with zero attached hydrogens (tertiary/aromatic N) is 2. The molecule has 0 aromatic carbocycles. The van der Waals surface area contributed by atoms with Gasteiger partial charge in [-0.25, -0.2) is 0 Å². The molecular formula is C12H20BrN3. The van der Waals surface area contributed by atoms with Crippen molar-refractivity contribution in [3.05, 3.63) is 15.9 Å². The van der Waals surface area contributed by atoms with Crippen LogP contribution in [-0.2, 0) is 13.5 Å². The van der Waals surface area contributed by atoms with E-state index < -0.39 is 0 Å². The second kappa shape index (κ2) is 4.49. The highest BCUT2D eigenvalue weighted by Crippen LogP contribution is 2.41. The van der Waals surface area contributed by atoms with Crippen molar-refractivity contribution in [2.75, 3.05) is 6.54 Å². The molecule has 0 spiro atoms. The zero-order chi connectivity index (χ0) is 11.8. The SMILES string of the molecule is Cc1nn(C)c(CC2(CN)CCCC2)c1Br. The number of aryl methyl sites for hydroxylation is 2. The Hall–Kier alpha value is -0.350. The molecule has 1 aromatic heterocycles. The Kier molecular flexibility index (Phi) is 3.40. The van der Waals surface area contributed by atoms with Gasteiger partial charge in [0.05, 0.1) is 15.9 Å². The molecule has 1 aliphatic carbocycles. The van der Waals surface area contributed by atoms with E-state index in [4.69, 9.17) is 5.73 Å². The lowest BCUT2D eigenvalue weighted by molar-refractivity contribution is 0.298. The van der Waals surface area contributed by atoms with E-state index in [1.807, 2.05) is 18.7 Å². The molecule has 0 saturated heterocycles. The van der Waals surface area contributed by atoms with Gasteiger partial charge in [0.25, 0.3) is 0 Å². The second-order valence-corrected chi connectivity index (χ2v) is 5.85. The molecule has 0 unspecified atom stereocenters. The first kappa shape index (κ1) is 12.1. The molecule has 0 atom stereocenters. The lowest BCUT2D eigenvalue weighted by Gasteiger charge is -2.27. The van der Waals surface area contributed by atoms with Crippen LogP contribution in [0.15, 0.2) is 4.47 Å². The molecule has 0 bridgehead atoms. The number of hydrogen-bond acceptors (Lipinski definition) is 2. The van der Waals surface area contributed by atoms with Gasteiger partial charge in [-0.3, -0.25) is 4.68 Å². The summed E-state index contributed by atoms with van der Waals surface area (Å²) in [5, 5.41) is 4.45. The Morgan fingerprint density at radius 1 is 1.44 bits per heavy atom. The predicted octanol–water partition coefficient (Wildman–Crippen LogP) is 2.55. The predicted molar refractivity (Wildman–Crippen MR) is 69.3 cm³/mol. The lowest BCUT2D eigenvalue weighted by atomic mass is 9.81. The van der Waals surface area contributed by atoms with Crippen LogP contribution in [0.2, 0.25) is 0 Å². The van der Waals surface area contributed by atoms with Crippen molar-refractivity contribution in [1.29, 1.82) is 0 Å². The van der Waals surface area contributed by atoms with Crippen LogP contribution in [0.4, 0.5) is 0 Å². The van der Waals surface area contributed by atoms with Gasteiger partial charge < -0.3 is 5.73 Å². The van der Waals surface area contributed by atoms with E-state index in [-0.39, 0.29) is 0 Å². The van der Waals surface area contributed by atoms with E-state index >= 15 is 0 Å². The summed E-state index contributed by atoms with van der Waals surface area (Å²) in [6, 6.07) is 0. The van der Waals surface area contributed by atoms with Crippen LogP contribution in [0.5, 0.6) is 0 Å². The molecule has 1 aromatic rings. The van der Waals surface area contributed by atoms with Crippen LogP contribution < -0.4 is 5.73 Å². The van der Waals surface area contributed by atoms with Crippen molar-refractivity contribution in [3.8, 4) is 0 Å². The van der Waals surface area contributed by atoms with Gasteiger partial charge >= 0.3 is 0 Å². The van der Waals surface area contributed by atoms with Crippen LogP contribution >= 0.6 is 15.9 Å². The Bertz CT molecular complexity index is 378. The highest BCUT2D eigenvalue weighted by Gasteiger charge is 2.34. The summed E-state index contributed by atoms with van der Waals surface area (Å²) >= 11 is 3.64. The highest BCUT2D eigenvalue weighted by atomic mass is 79.9.